The number of ether oxygens (including phenoxy) is 1. The van der Waals surface area contributed by atoms with Gasteiger partial charge >= 0.3 is 5.97 Å². The van der Waals surface area contributed by atoms with Crippen LogP contribution in [0.3, 0.4) is 0 Å². The van der Waals surface area contributed by atoms with Crippen molar-refractivity contribution in [2.75, 3.05) is 20.2 Å². The van der Waals surface area contributed by atoms with E-state index >= 15 is 0 Å². The summed E-state index contributed by atoms with van der Waals surface area (Å²) in [5, 5.41) is 1.87. The Morgan fingerprint density at radius 3 is 2.62 bits per heavy atom. The molecule has 1 aromatic heterocycles. The molecule has 0 saturated carbocycles. The molecule has 0 spiro atoms. The van der Waals surface area contributed by atoms with E-state index in [9.17, 15) is 9.59 Å². The average Bonchev–Trinajstić information content (AvgIpc) is 2.71. The molecule has 1 aromatic rings. The van der Waals surface area contributed by atoms with E-state index in [0.29, 0.717) is 11.4 Å². The molecule has 1 amide bonds. The van der Waals surface area contributed by atoms with Gasteiger partial charge in [0.15, 0.2) is 0 Å². The first-order chi connectivity index (χ1) is 7.60. The van der Waals surface area contributed by atoms with E-state index in [4.69, 9.17) is 0 Å². The van der Waals surface area contributed by atoms with E-state index in [1.165, 1.54) is 23.3 Å². The van der Waals surface area contributed by atoms with Crippen molar-refractivity contribution in [2.24, 2.45) is 0 Å². The van der Waals surface area contributed by atoms with Crippen molar-refractivity contribution in [1.29, 1.82) is 0 Å². The second-order valence-electron chi connectivity index (χ2n) is 3.33. The Kier molecular flexibility index (Phi) is 4.49. The highest BCUT2D eigenvalue weighted by atomic mass is 32.1. The van der Waals surface area contributed by atoms with Crippen LogP contribution in [0.5, 0.6) is 0 Å². The molecule has 0 saturated heterocycles. The van der Waals surface area contributed by atoms with Crippen molar-refractivity contribution < 1.29 is 14.3 Å². The predicted octanol–water partition coefficient (Wildman–Crippen LogP) is 1.69. The van der Waals surface area contributed by atoms with Gasteiger partial charge in [0.1, 0.15) is 6.54 Å². The second-order valence-corrected chi connectivity index (χ2v) is 4.24. The summed E-state index contributed by atoms with van der Waals surface area (Å²) < 4.78 is 4.55. The van der Waals surface area contributed by atoms with Crippen LogP contribution < -0.4 is 0 Å². The van der Waals surface area contributed by atoms with Crippen molar-refractivity contribution in [3.63, 3.8) is 0 Å². The maximum absolute atomic E-state index is 12.0. The minimum Gasteiger partial charge on any atom is -0.468 e. The lowest BCUT2D eigenvalue weighted by molar-refractivity contribution is -0.141. The highest BCUT2D eigenvalue weighted by Gasteiger charge is 2.19. The largest absolute Gasteiger partial charge is 0.468 e. The molecular formula is C11H15NO3S. The van der Waals surface area contributed by atoms with Crippen LogP contribution in [-0.2, 0) is 9.53 Å². The van der Waals surface area contributed by atoms with E-state index in [-0.39, 0.29) is 12.5 Å². The topological polar surface area (TPSA) is 46.6 Å². The standard InChI is InChI=1S/C11H15NO3S/c1-4-12(7-9(13)15-3)11(14)10-8(2)5-6-16-10/h5-6H,4,7H2,1-3H3. The first-order valence-electron chi connectivity index (χ1n) is 5.00. The van der Waals surface area contributed by atoms with E-state index in [2.05, 4.69) is 4.74 Å². The summed E-state index contributed by atoms with van der Waals surface area (Å²) in [5.74, 6) is -0.509. The number of aryl methyl sites for hydroxylation is 1. The van der Waals surface area contributed by atoms with Crippen LogP contribution in [0.4, 0.5) is 0 Å². The zero-order chi connectivity index (χ0) is 12.1. The van der Waals surface area contributed by atoms with Gasteiger partial charge in [-0.05, 0) is 30.9 Å². The van der Waals surface area contributed by atoms with Gasteiger partial charge in [0.2, 0.25) is 0 Å². The first kappa shape index (κ1) is 12.7. The quantitative estimate of drug-likeness (QED) is 0.754. The average molecular weight is 241 g/mol. The van der Waals surface area contributed by atoms with Gasteiger partial charge in [-0.2, -0.15) is 0 Å². The van der Waals surface area contributed by atoms with E-state index in [0.717, 1.165) is 5.56 Å². The first-order valence-corrected chi connectivity index (χ1v) is 5.88. The SMILES string of the molecule is CCN(CC(=O)OC)C(=O)c1sccc1C. The monoisotopic (exact) mass is 241 g/mol. The Balaban J connectivity index is 2.78. The smallest absolute Gasteiger partial charge is 0.325 e. The molecule has 1 heterocycles. The van der Waals surface area contributed by atoms with Crippen LogP contribution in [-0.4, -0.2) is 37.0 Å². The second kappa shape index (κ2) is 5.65. The fourth-order valence-corrected chi connectivity index (χ4v) is 2.18. The van der Waals surface area contributed by atoms with Gasteiger partial charge < -0.3 is 9.64 Å². The molecule has 0 aliphatic carbocycles. The van der Waals surface area contributed by atoms with Gasteiger partial charge in [-0.25, -0.2) is 0 Å². The molecule has 1 rings (SSSR count). The molecule has 0 aliphatic rings. The van der Waals surface area contributed by atoms with E-state index < -0.39 is 5.97 Å². The number of nitrogens with zero attached hydrogens (tertiary/aromatic N) is 1. The van der Waals surface area contributed by atoms with Crippen LogP contribution in [0.2, 0.25) is 0 Å². The minimum absolute atomic E-state index is 0.00315. The van der Waals surface area contributed by atoms with Crippen LogP contribution in [0.25, 0.3) is 0 Å². The Hall–Kier alpha value is -1.36. The molecule has 4 nitrogen and oxygen atoms in total. The highest BCUT2D eigenvalue weighted by molar-refractivity contribution is 7.12. The molecule has 0 bridgehead atoms. The van der Waals surface area contributed by atoms with Crippen molar-refractivity contribution in [3.05, 3.63) is 21.9 Å². The molecule has 0 aromatic carbocycles. The molecule has 0 unspecified atom stereocenters. The lowest BCUT2D eigenvalue weighted by Crippen LogP contribution is -2.35. The Morgan fingerprint density at radius 1 is 1.50 bits per heavy atom. The molecule has 88 valence electrons. The van der Waals surface area contributed by atoms with Gasteiger partial charge in [-0.1, -0.05) is 0 Å². The lowest BCUT2D eigenvalue weighted by atomic mass is 10.2. The van der Waals surface area contributed by atoms with E-state index in [1.54, 1.807) is 0 Å². The zero-order valence-electron chi connectivity index (χ0n) is 9.65. The van der Waals surface area contributed by atoms with Crippen LogP contribution in [0.15, 0.2) is 11.4 Å². The number of thiophene rings is 1. The number of carbonyl (C=O) groups is 2. The Labute approximate surface area is 98.8 Å². The molecule has 0 radical (unpaired) electrons. The van der Waals surface area contributed by atoms with Crippen molar-refractivity contribution in [1.82, 2.24) is 4.90 Å². The fourth-order valence-electron chi connectivity index (χ4n) is 1.28. The summed E-state index contributed by atoms with van der Waals surface area (Å²) in [7, 11) is 1.32. The van der Waals surface area contributed by atoms with Gasteiger partial charge in [0.25, 0.3) is 5.91 Å². The third kappa shape index (κ3) is 2.82. The molecule has 16 heavy (non-hydrogen) atoms. The van der Waals surface area contributed by atoms with Crippen molar-refractivity contribution >= 4 is 23.2 Å². The minimum atomic E-state index is -0.399. The number of methoxy groups -OCH3 is 1. The lowest BCUT2D eigenvalue weighted by Gasteiger charge is -2.18. The number of hydrogen-bond acceptors (Lipinski definition) is 4. The van der Waals surface area contributed by atoms with Gasteiger partial charge in [0, 0.05) is 6.54 Å². The third-order valence-corrected chi connectivity index (χ3v) is 3.28. The normalized spacial score (nSPS) is 9.94. The molecule has 0 fully saturated rings. The Morgan fingerprint density at radius 2 is 2.19 bits per heavy atom. The molecule has 0 atom stereocenters. The Bertz CT molecular complexity index is 386. The predicted molar refractivity (Wildman–Crippen MR) is 62.6 cm³/mol. The zero-order valence-corrected chi connectivity index (χ0v) is 10.5. The number of carbonyl (C=O) groups excluding carboxylic acids is 2. The number of esters is 1. The summed E-state index contributed by atoms with van der Waals surface area (Å²) >= 11 is 1.39. The van der Waals surface area contributed by atoms with Crippen molar-refractivity contribution in [2.45, 2.75) is 13.8 Å². The number of likely N-dealkylation sites (N-methyl/N-ethyl adjacent to an activating group) is 1. The summed E-state index contributed by atoms with van der Waals surface area (Å²) in [6.07, 6.45) is 0. The third-order valence-electron chi connectivity index (χ3n) is 2.27. The van der Waals surface area contributed by atoms with Gasteiger partial charge in [-0.3, -0.25) is 9.59 Å². The molecule has 5 heteroatoms. The molecule has 0 aliphatic heterocycles. The summed E-state index contributed by atoms with van der Waals surface area (Å²) in [6, 6.07) is 1.89. The number of hydrogen-bond donors (Lipinski definition) is 0. The highest BCUT2D eigenvalue weighted by Crippen LogP contribution is 2.17. The number of amides is 1. The summed E-state index contributed by atoms with van der Waals surface area (Å²) in [6.45, 7) is 4.22. The number of rotatable bonds is 4. The summed E-state index contributed by atoms with van der Waals surface area (Å²) in [4.78, 5) is 25.3. The maximum Gasteiger partial charge on any atom is 0.325 e. The summed E-state index contributed by atoms with van der Waals surface area (Å²) in [5.41, 5.74) is 0.943. The van der Waals surface area contributed by atoms with Gasteiger partial charge in [0.05, 0.1) is 12.0 Å². The van der Waals surface area contributed by atoms with Gasteiger partial charge in [-0.15, -0.1) is 11.3 Å². The van der Waals surface area contributed by atoms with Crippen LogP contribution in [0.1, 0.15) is 22.2 Å². The fraction of sp³-hybridized carbons (Fsp3) is 0.455. The van der Waals surface area contributed by atoms with Crippen LogP contribution in [0, 0.1) is 6.92 Å². The molecular weight excluding hydrogens is 226 g/mol. The van der Waals surface area contributed by atoms with Crippen LogP contribution >= 0.6 is 11.3 Å². The molecule has 0 N–H and O–H groups in total. The van der Waals surface area contributed by atoms with E-state index in [1.807, 2.05) is 25.3 Å². The maximum atomic E-state index is 12.0. The van der Waals surface area contributed by atoms with Crippen molar-refractivity contribution in [3.8, 4) is 0 Å².